The van der Waals surface area contributed by atoms with Gasteiger partial charge in [-0.1, -0.05) is 0 Å². The fourth-order valence-corrected chi connectivity index (χ4v) is 1.63. The van der Waals surface area contributed by atoms with Crippen molar-refractivity contribution in [1.82, 2.24) is 0 Å². The van der Waals surface area contributed by atoms with Gasteiger partial charge in [-0.2, -0.15) is 0 Å². The molecule has 0 aromatic heterocycles. The zero-order valence-electron chi connectivity index (χ0n) is 10.7. The standard InChI is InChI=1S/C10H13O2S.AsF6/c1-8(11)12-9-4-6-10(7-5-9)13(2)3;2-1(3,4,5,6)7/h4-7H,1-3H3;/q+1;-1. The molecule has 0 heterocycles. The monoisotopic (exact) mass is 386 g/mol. The van der Waals surface area contributed by atoms with Crippen LogP contribution in [-0.4, -0.2) is 32.7 Å². The Hall–Kier alpha value is -0.822. The van der Waals surface area contributed by atoms with Gasteiger partial charge >= 0.3 is 40.9 Å². The Kier molecular flexibility index (Phi) is 5.29. The molecule has 0 fully saturated rings. The van der Waals surface area contributed by atoms with E-state index in [1.54, 1.807) is 0 Å². The molecule has 0 N–H and O–H groups in total. The summed E-state index contributed by atoms with van der Waals surface area (Å²) in [6.07, 6.45) is 4.31. The third kappa shape index (κ3) is 15.2. The molecule has 1 aromatic rings. The van der Waals surface area contributed by atoms with Crippen molar-refractivity contribution in [2.24, 2.45) is 0 Å². The van der Waals surface area contributed by atoms with E-state index in [-0.39, 0.29) is 16.9 Å². The van der Waals surface area contributed by atoms with Crippen LogP contribution in [0.25, 0.3) is 0 Å². The Labute approximate surface area is 116 Å². The SMILES string of the molecule is CC(=O)Oc1ccc([S+](C)C)cc1.F[As-](F)(F)(F)(F)F. The van der Waals surface area contributed by atoms with Crippen molar-refractivity contribution in [2.45, 2.75) is 11.8 Å². The Morgan fingerprint density at radius 2 is 1.35 bits per heavy atom. The molecule has 0 spiro atoms. The van der Waals surface area contributed by atoms with Crippen LogP contribution in [0.15, 0.2) is 29.2 Å². The summed E-state index contributed by atoms with van der Waals surface area (Å²) in [6.45, 7) is 1.40. The zero-order chi connectivity index (χ0) is 16.3. The van der Waals surface area contributed by atoms with Gasteiger partial charge in [0.05, 0.1) is 0 Å². The van der Waals surface area contributed by atoms with Gasteiger partial charge in [0.15, 0.2) is 4.90 Å². The average Bonchev–Trinajstić information content (AvgIpc) is 2.12. The van der Waals surface area contributed by atoms with Crippen LogP contribution in [0.1, 0.15) is 6.92 Å². The molecule has 0 saturated heterocycles. The van der Waals surface area contributed by atoms with Crippen LogP contribution >= 0.6 is 0 Å². The van der Waals surface area contributed by atoms with Crippen molar-refractivity contribution in [3.05, 3.63) is 24.3 Å². The van der Waals surface area contributed by atoms with E-state index in [1.165, 1.54) is 11.8 Å². The predicted octanol–water partition coefficient (Wildman–Crippen LogP) is 3.99. The summed E-state index contributed by atoms with van der Waals surface area (Å²) >= 11 is -11.1. The van der Waals surface area contributed by atoms with E-state index in [0.717, 1.165) is 0 Å². The van der Waals surface area contributed by atoms with Crippen LogP contribution in [0.5, 0.6) is 5.75 Å². The molecular weight excluding hydrogens is 373 g/mol. The minimum absolute atomic E-state index is 0.260. The van der Waals surface area contributed by atoms with Gasteiger partial charge in [-0.3, -0.25) is 4.79 Å². The average molecular weight is 386 g/mol. The number of hydrogen-bond acceptors (Lipinski definition) is 2. The van der Waals surface area contributed by atoms with E-state index in [0.29, 0.717) is 5.75 Å². The summed E-state index contributed by atoms with van der Waals surface area (Å²) in [6, 6.07) is 7.62. The van der Waals surface area contributed by atoms with Crippen molar-refractivity contribution >= 4 is 31.0 Å². The van der Waals surface area contributed by atoms with Gasteiger partial charge in [0.1, 0.15) is 18.3 Å². The van der Waals surface area contributed by atoms with Crippen LogP contribution in [0.4, 0.5) is 20.8 Å². The molecule has 0 amide bonds. The van der Waals surface area contributed by atoms with E-state index in [1.807, 2.05) is 24.3 Å². The van der Waals surface area contributed by atoms with Gasteiger partial charge in [0.25, 0.3) is 0 Å². The molecule has 2 nitrogen and oxygen atoms in total. The molecular formula is C10H13AsF6O2S. The zero-order valence-corrected chi connectivity index (χ0v) is 13.4. The normalized spacial score (nSPS) is 14.7. The molecule has 0 aliphatic heterocycles. The molecule has 0 aliphatic carbocycles. The minimum atomic E-state index is -11.1. The van der Waals surface area contributed by atoms with Gasteiger partial charge < -0.3 is 4.74 Å². The van der Waals surface area contributed by atoms with Gasteiger partial charge in [-0.25, -0.2) is 0 Å². The number of rotatable bonds is 2. The molecule has 1 rings (SSSR count). The second kappa shape index (κ2) is 5.52. The van der Waals surface area contributed by atoms with Crippen LogP contribution in [0.3, 0.4) is 0 Å². The van der Waals surface area contributed by atoms with Gasteiger partial charge in [-0.15, -0.1) is 0 Å². The summed E-state index contributed by atoms with van der Waals surface area (Å²) in [5.41, 5.74) is 0. The van der Waals surface area contributed by atoms with Gasteiger partial charge in [-0.05, 0) is 24.3 Å². The van der Waals surface area contributed by atoms with E-state index < -0.39 is 14.2 Å². The van der Waals surface area contributed by atoms with Crippen LogP contribution < -0.4 is 4.74 Å². The molecule has 10 heteroatoms. The topological polar surface area (TPSA) is 26.3 Å². The summed E-state index contributed by atoms with van der Waals surface area (Å²) in [7, 11) is 0.260. The van der Waals surface area contributed by atoms with Crippen molar-refractivity contribution in [3.63, 3.8) is 0 Å². The van der Waals surface area contributed by atoms with E-state index in [2.05, 4.69) is 12.5 Å². The Morgan fingerprint density at radius 3 is 1.60 bits per heavy atom. The molecule has 0 bridgehead atoms. The van der Waals surface area contributed by atoms with E-state index in [9.17, 15) is 25.6 Å². The number of esters is 1. The second-order valence-corrected chi connectivity index (χ2v) is 9.97. The number of carbonyl (C=O) groups excluding carboxylic acids is 1. The third-order valence-corrected chi connectivity index (χ3v) is 2.77. The maximum atomic E-state index is 10.6. The molecule has 20 heavy (non-hydrogen) atoms. The predicted molar refractivity (Wildman–Crippen MR) is 67.6 cm³/mol. The molecule has 0 saturated carbocycles. The quantitative estimate of drug-likeness (QED) is 0.253. The summed E-state index contributed by atoms with van der Waals surface area (Å²) in [4.78, 5) is 11.9. The second-order valence-electron chi connectivity index (χ2n) is 3.84. The van der Waals surface area contributed by atoms with Crippen LogP contribution in [0, 0.1) is 0 Å². The Morgan fingerprint density at radius 1 is 1.00 bits per heavy atom. The number of ether oxygens (including phenoxy) is 1. The van der Waals surface area contributed by atoms with Crippen molar-refractivity contribution in [1.29, 1.82) is 0 Å². The Balaban J connectivity index is 0.000000441. The first-order valence-corrected chi connectivity index (χ1v) is 11.3. The van der Waals surface area contributed by atoms with Crippen LogP contribution in [-0.2, 0) is 15.7 Å². The number of halogens is 6. The molecule has 118 valence electrons. The molecule has 0 radical (unpaired) electrons. The van der Waals surface area contributed by atoms with Crippen molar-refractivity contribution < 1.29 is 30.3 Å². The van der Waals surface area contributed by atoms with Crippen molar-refractivity contribution in [2.75, 3.05) is 12.5 Å². The number of carbonyl (C=O) groups is 1. The first-order chi connectivity index (χ1) is 8.54. The van der Waals surface area contributed by atoms with Gasteiger partial charge in [0.2, 0.25) is 0 Å². The summed E-state index contributed by atoms with van der Waals surface area (Å²) in [5, 5.41) is 0. The van der Waals surface area contributed by atoms with Crippen LogP contribution in [0.2, 0.25) is 0 Å². The van der Waals surface area contributed by atoms with Gasteiger partial charge in [0, 0.05) is 17.8 Å². The first-order valence-electron chi connectivity index (χ1n) is 4.97. The fourth-order valence-electron chi connectivity index (χ4n) is 0.946. The third-order valence-electron chi connectivity index (χ3n) is 1.56. The maximum absolute atomic E-state index is 11.1. The Bertz CT molecular complexity index is 456. The molecule has 1 aromatic carbocycles. The van der Waals surface area contributed by atoms with Crippen molar-refractivity contribution in [3.8, 4) is 5.75 Å². The number of benzene rings is 1. The van der Waals surface area contributed by atoms with E-state index in [4.69, 9.17) is 4.74 Å². The molecule has 0 unspecified atom stereocenters. The first kappa shape index (κ1) is 19.2. The summed E-state index contributed by atoms with van der Waals surface area (Å²) < 4.78 is 64.4. The van der Waals surface area contributed by atoms with E-state index >= 15 is 0 Å². The molecule has 0 atom stereocenters. The number of hydrogen-bond donors (Lipinski definition) is 0. The fraction of sp³-hybridized carbons (Fsp3) is 0.300. The summed E-state index contributed by atoms with van der Waals surface area (Å²) in [5.74, 6) is 0.335. The molecule has 0 aliphatic rings.